The second kappa shape index (κ2) is 5.92. The summed E-state index contributed by atoms with van der Waals surface area (Å²) in [5.74, 6) is 0.955. The summed E-state index contributed by atoms with van der Waals surface area (Å²) in [6.45, 7) is 0.173. The molecule has 2 aromatic carbocycles. The molecule has 0 saturated heterocycles. The van der Waals surface area contributed by atoms with Crippen LogP contribution >= 0.6 is 0 Å². The minimum Gasteiger partial charge on any atom is -0.496 e. The zero-order valence-corrected chi connectivity index (χ0v) is 10.9. The van der Waals surface area contributed by atoms with Crippen LogP contribution in [0.4, 0.5) is 11.4 Å². The van der Waals surface area contributed by atoms with Gasteiger partial charge in [0.05, 0.1) is 23.8 Å². The lowest BCUT2D eigenvalue weighted by molar-refractivity contribution is -0.385. The lowest BCUT2D eigenvalue weighted by Gasteiger charge is -2.09. The molecule has 0 atom stereocenters. The van der Waals surface area contributed by atoms with E-state index < -0.39 is 4.92 Å². The first-order valence-electron chi connectivity index (χ1n) is 5.90. The summed E-state index contributed by atoms with van der Waals surface area (Å²) in [4.78, 5) is 10.4. The Morgan fingerprint density at radius 3 is 2.65 bits per heavy atom. The normalized spacial score (nSPS) is 10.1. The molecule has 0 aliphatic rings. The third-order valence-corrected chi connectivity index (χ3v) is 2.71. The summed E-state index contributed by atoms with van der Waals surface area (Å²) in [5, 5.41) is 10.8. The van der Waals surface area contributed by atoms with Crippen LogP contribution in [0.3, 0.4) is 0 Å². The third-order valence-electron chi connectivity index (χ3n) is 2.71. The summed E-state index contributed by atoms with van der Waals surface area (Å²) < 4.78 is 10.6. The van der Waals surface area contributed by atoms with Crippen molar-refractivity contribution >= 4 is 11.4 Å². The number of hydrogen-bond donors (Lipinski definition) is 1. The fraction of sp³-hybridized carbons (Fsp3) is 0.143. The number of methoxy groups -OCH3 is 1. The Bertz CT molecular complexity index is 628. The Morgan fingerprint density at radius 1 is 1.25 bits per heavy atom. The molecule has 2 rings (SSSR count). The van der Waals surface area contributed by atoms with Crippen molar-refractivity contribution in [1.82, 2.24) is 0 Å². The quantitative estimate of drug-likeness (QED) is 0.514. The second-order valence-electron chi connectivity index (χ2n) is 4.12. The van der Waals surface area contributed by atoms with Crippen molar-refractivity contribution in [1.29, 1.82) is 0 Å². The number of ether oxygens (including phenoxy) is 2. The number of anilines is 1. The lowest BCUT2D eigenvalue weighted by atomic mass is 10.2. The molecular formula is C14H14N2O4. The largest absolute Gasteiger partial charge is 0.496 e. The van der Waals surface area contributed by atoms with Gasteiger partial charge in [0, 0.05) is 6.07 Å². The Kier molecular flexibility index (Phi) is 4.05. The molecule has 0 amide bonds. The molecule has 0 aliphatic heterocycles. The number of non-ortho nitro benzene ring substituents is 1. The monoisotopic (exact) mass is 274 g/mol. The minimum atomic E-state index is -0.469. The highest BCUT2D eigenvalue weighted by atomic mass is 16.6. The molecule has 0 saturated carbocycles. The number of nitrogen functional groups attached to an aromatic ring is 1. The summed E-state index contributed by atoms with van der Waals surface area (Å²) >= 11 is 0. The van der Waals surface area contributed by atoms with E-state index in [2.05, 4.69) is 0 Å². The van der Waals surface area contributed by atoms with Gasteiger partial charge in [0.15, 0.2) is 0 Å². The molecule has 2 aromatic rings. The maximum absolute atomic E-state index is 10.8. The van der Waals surface area contributed by atoms with Crippen LogP contribution in [0.25, 0.3) is 0 Å². The molecule has 6 heteroatoms. The van der Waals surface area contributed by atoms with E-state index in [9.17, 15) is 10.1 Å². The number of para-hydroxylation sites is 2. The molecule has 6 nitrogen and oxygen atoms in total. The van der Waals surface area contributed by atoms with Gasteiger partial charge >= 0.3 is 0 Å². The highest BCUT2D eigenvalue weighted by Gasteiger charge is 2.11. The standard InChI is InChI=1S/C14H14N2O4/c1-19-12-7-10(6-11(8-12)16(17)18)9-20-14-5-3-2-4-13(14)15/h2-8H,9,15H2,1H3. The number of hydrogen-bond acceptors (Lipinski definition) is 5. The molecule has 0 fully saturated rings. The zero-order chi connectivity index (χ0) is 14.5. The van der Waals surface area contributed by atoms with Crippen molar-refractivity contribution in [2.45, 2.75) is 6.61 Å². The maximum Gasteiger partial charge on any atom is 0.273 e. The first kappa shape index (κ1) is 13.7. The van der Waals surface area contributed by atoms with Crippen LogP contribution in [0.2, 0.25) is 0 Å². The van der Waals surface area contributed by atoms with Crippen LogP contribution in [0.15, 0.2) is 42.5 Å². The number of nitro benzene ring substituents is 1. The summed E-state index contributed by atoms with van der Waals surface area (Å²) in [5.41, 5.74) is 6.88. The van der Waals surface area contributed by atoms with E-state index in [-0.39, 0.29) is 12.3 Å². The Hall–Kier alpha value is -2.76. The molecule has 2 N–H and O–H groups in total. The van der Waals surface area contributed by atoms with E-state index in [1.807, 2.05) is 0 Å². The van der Waals surface area contributed by atoms with Gasteiger partial charge in [-0.1, -0.05) is 12.1 Å². The predicted octanol–water partition coefficient (Wildman–Crippen LogP) is 2.76. The number of nitro groups is 1. The van der Waals surface area contributed by atoms with E-state index in [4.69, 9.17) is 15.2 Å². The summed E-state index contributed by atoms with van der Waals surface area (Å²) in [6.07, 6.45) is 0. The molecule has 104 valence electrons. The fourth-order valence-corrected chi connectivity index (χ4v) is 1.72. The number of rotatable bonds is 5. The third kappa shape index (κ3) is 3.17. The van der Waals surface area contributed by atoms with Gasteiger partial charge in [0.25, 0.3) is 5.69 Å². The van der Waals surface area contributed by atoms with E-state index in [0.717, 1.165) is 0 Å². The van der Waals surface area contributed by atoms with Crippen LogP contribution in [0, 0.1) is 10.1 Å². The molecule has 0 unspecified atom stereocenters. The number of nitrogens with zero attached hydrogens (tertiary/aromatic N) is 1. The number of nitrogens with two attached hydrogens (primary N) is 1. The van der Waals surface area contributed by atoms with Crippen molar-refractivity contribution in [2.24, 2.45) is 0 Å². The van der Waals surface area contributed by atoms with Crippen LogP contribution in [-0.4, -0.2) is 12.0 Å². The van der Waals surface area contributed by atoms with Gasteiger partial charge in [-0.25, -0.2) is 0 Å². The van der Waals surface area contributed by atoms with Crippen LogP contribution in [0.1, 0.15) is 5.56 Å². The number of benzene rings is 2. The predicted molar refractivity (Wildman–Crippen MR) is 74.8 cm³/mol. The fourth-order valence-electron chi connectivity index (χ4n) is 1.72. The van der Waals surface area contributed by atoms with E-state index >= 15 is 0 Å². The Labute approximate surface area is 115 Å². The molecule has 0 bridgehead atoms. The highest BCUT2D eigenvalue weighted by Crippen LogP contribution is 2.25. The summed E-state index contributed by atoms with van der Waals surface area (Å²) in [6, 6.07) is 11.6. The maximum atomic E-state index is 10.8. The van der Waals surface area contributed by atoms with Crippen LogP contribution < -0.4 is 15.2 Å². The van der Waals surface area contributed by atoms with Crippen molar-refractivity contribution < 1.29 is 14.4 Å². The topological polar surface area (TPSA) is 87.6 Å². The van der Waals surface area contributed by atoms with Crippen LogP contribution in [-0.2, 0) is 6.61 Å². The molecular weight excluding hydrogens is 260 g/mol. The minimum absolute atomic E-state index is 0.0380. The zero-order valence-electron chi connectivity index (χ0n) is 10.9. The van der Waals surface area contributed by atoms with Gasteiger partial charge in [0.1, 0.15) is 18.1 Å². The summed E-state index contributed by atoms with van der Waals surface area (Å²) in [7, 11) is 1.46. The molecule has 0 heterocycles. The van der Waals surface area contributed by atoms with E-state index in [1.54, 1.807) is 30.3 Å². The molecule has 0 aliphatic carbocycles. The van der Waals surface area contributed by atoms with Gasteiger partial charge < -0.3 is 15.2 Å². The van der Waals surface area contributed by atoms with Gasteiger partial charge in [-0.3, -0.25) is 10.1 Å². The van der Waals surface area contributed by atoms with Crippen molar-refractivity contribution in [2.75, 3.05) is 12.8 Å². The molecule has 0 spiro atoms. The second-order valence-corrected chi connectivity index (χ2v) is 4.12. The van der Waals surface area contributed by atoms with Gasteiger partial charge in [-0.15, -0.1) is 0 Å². The SMILES string of the molecule is COc1cc(COc2ccccc2N)cc([N+](=O)[O-])c1. The van der Waals surface area contributed by atoms with Gasteiger partial charge in [-0.2, -0.15) is 0 Å². The van der Waals surface area contributed by atoms with Gasteiger partial charge in [0.2, 0.25) is 0 Å². The lowest BCUT2D eigenvalue weighted by Crippen LogP contribution is -2.00. The molecule has 0 aromatic heterocycles. The first-order valence-corrected chi connectivity index (χ1v) is 5.90. The molecule has 20 heavy (non-hydrogen) atoms. The average molecular weight is 274 g/mol. The Balaban J connectivity index is 2.19. The van der Waals surface area contributed by atoms with E-state index in [0.29, 0.717) is 22.7 Å². The highest BCUT2D eigenvalue weighted by molar-refractivity contribution is 5.52. The van der Waals surface area contributed by atoms with Crippen LogP contribution in [0.5, 0.6) is 11.5 Å². The first-order chi connectivity index (χ1) is 9.60. The van der Waals surface area contributed by atoms with E-state index in [1.165, 1.54) is 19.2 Å². The van der Waals surface area contributed by atoms with Crippen molar-refractivity contribution in [3.05, 3.63) is 58.1 Å². The van der Waals surface area contributed by atoms with Crippen molar-refractivity contribution in [3.8, 4) is 11.5 Å². The van der Waals surface area contributed by atoms with Crippen molar-refractivity contribution in [3.63, 3.8) is 0 Å². The molecule has 0 radical (unpaired) electrons. The van der Waals surface area contributed by atoms with Gasteiger partial charge in [-0.05, 0) is 23.8 Å². The smallest absolute Gasteiger partial charge is 0.273 e. The Morgan fingerprint density at radius 2 is 2.00 bits per heavy atom. The average Bonchev–Trinajstić information content (AvgIpc) is 2.46.